The maximum Gasteiger partial charge on any atom is 0.365 e. The number of carbonyl (C=O) groups is 1. The van der Waals surface area contributed by atoms with E-state index in [-0.39, 0.29) is 0 Å². The van der Waals surface area contributed by atoms with Crippen LogP contribution in [0.15, 0.2) is 88.8 Å². The Balaban J connectivity index is 1.90. The second kappa shape index (κ2) is 7.66. The van der Waals surface area contributed by atoms with Crippen LogP contribution in [0.4, 0.5) is 0 Å². The van der Waals surface area contributed by atoms with E-state index in [1.165, 1.54) is 0 Å². The van der Waals surface area contributed by atoms with Gasteiger partial charge in [0.2, 0.25) is 0 Å². The predicted molar refractivity (Wildman–Crippen MR) is 95.9 cm³/mol. The number of rotatable bonds is 4. The van der Waals surface area contributed by atoms with Crippen molar-refractivity contribution in [3.63, 3.8) is 0 Å². The van der Waals surface area contributed by atoms with Crippen molar-refractivity contribution in [1.29, 1.82) is 0 Å². The maximum absolute atomic E-state index is 12.2. The zero-order valence-electron chi connectivity index (χ0n) is 12.6. The van der Waals surface area contributed by atoms with E-state index in [2.05, 4.69) is 26.1 Å². The molecule has 2 aromatic carbocycles. The molecule has 0 atom stereocenters. The van der Waals surface area contributed by atoms with Gasteiger partial charge in [0, 0.05) is 28.0 Å². The van der Waals surface area contributed by atoms with Crippen LogP contribution < -0.4 is 0 Å². The number of carbonyl (C=O) groups excluding carboxylic acids is 1. The van der Waals surface area contributed by atoms with E-state index in [0.29, 0.717) is 11.3 Å². The molecule has 24 heavy (non-hydrogen) atoms. The molecule has 0 aliphatic heterocycles. The molecule has 1 aromatic heterocycles. The largest absolute Gasteiger partial charge is 0.365 e. The van der Waals surface area contributed by atoms with Gasteiger partial charge in [-0.1, -0.05) is 51.4 Å². The normalized spacial score (nSPS) is 11.1. The number of benzene rings is 2. The highest BCUT2D eigenvalue weighted by Crippen LogP contribution is 2.13. The van der Waals surface area contributed by atoms with E-state index in [9.17, 15) is 4.79 Å². The van der Waals surface area contributed by atoms with Crippen molar-refractivity contribution in [1.82, 2.24) is 4.98 Å². The van der Waals surface area contributed by atoms with Crippen molar-refractivity contribution in [3.05, 3.63) is 100 Å². The van der Waals surface area contributed by atoms with E-state index in [1.807, 2.05) is 42.5 Å². The molecule has 4 nitrogen and oxygen atoms in total. The lowest BCUT2D eigenvalue weighted by Gasteiger charge is -2.06. The van der Waals surface area contributed by atoms with E-state index >= 15 is 0 Å². The molecule has 0 fully saturated rings. The van der Waals surface area contributed by atoms with E-state index in [4.69, 9.17) is 4.84 Å². The molecule has 0 amide bonds. The average molecular weight is 381 g/mol. The van der Waals surface area contributed by atoms with Gasteiger partial charge in [-0.15, -0.1) is 0 Å². The Kier molecular flexibility index (Phi) is 5.13. The summed E-state index contributed by atoms with van der Waals surface area (Å²) < 4.78 is 0.893. The highest BCUT2D eigenvalue weighted by atomic mass is 79.9. The molecule has 118 valence electrons. The van der Waals surface area contributed by atoms with Crippen molar-refractivity contribution in [2.24, 2.45) is 5.16 Å². The number of halogens is 1. The molecule has 3 aromatic rings. The molecular weight excluding hydrogens is 368 g/mol. The third-order valence-electron chi connectivity index (χ3n) is 3.30. The van der Waals surface area contributed by atoms with Gasteiger partial charge >= 0.3 is 5.97 Å². The lowest BCUT2D eigenvalue weighted by atomic mass is 10.0. The zero-order chi connectivity index (χ0) is 16.8. The van der Waals surface area contributed by atoms with Crippen LogP contribution in [0.3, 0.4) is 0 Å². The van der Waals surface area contributed by atoms with E-state index in [0.717, 1.165) is 15.6 Å². The molecule has 0 spiro atoms. The molecule has 0 bridgehead atoms. The van der Waals surface area contributed by atoms with Crippen LogP contribution in [0.1, 0.15) is 21.5 Å². The molecule has 3 rings (SSSR count). The summed E-state index contributed by atoms with van der Waals surface area (Å²) in [6, 6.07) is 20.1. The topological polar surface area (TPSA) is 51.5 Å². The van der Waals surface area contributed by atoms with Crippen LogP contribution in [0.25, 0.3) is 0 Å². The van der Waals surface area contributed by atoms with Crippen molar-refractivity contribution < 1.29 is 9.63 Å². The Morgan fingerprint density at radius 2 is 1.46 bits per heavy atom. The quantitative estimate of drug-likeness (QED) is 0.381. The minimum absolute atomic E-state index is 0.434. The summed E-state index contributed by atoms with van der Waals surface area (Å²) in [4.78, 5) is 21.3. The van der Waals surface area contributed by atoms with Crippen LogP contribution in [-0.2, 0) is 4.84 Å². The summed E-state index contributed by atoms with van der Waals surface area (Å²) in [5, 5.41) is 4.09. The SMILES string of the molecule is O=C(O/N=C(/c1ccccc1)c1ccncc1)c1ccc(Br)cc1. The monoisotopic (exact) mass is 380 g/mol. The molecular formula is C19H13BrN2O2. The number of hydrogen-bond acceptors (Lipinski definition) is 4. The minimum atomic E-state index is -0.509. The van der Waals surface area contributed by atoms with Crippen LogP contribution in [0.5, 0.6) is 0 Å². The first-order valence-corrected chi connectivity index (χ1v) is 8.04. The second-order valence-corrected chi connectivity index (χ2v) is 5.84. The van der Waals surface area contributed by atoms with Gasteiger partial charge < -0.3 is 4.84 Å². The van der Waals surface area contributed by atoms with Crippen molar-refractivity contribution in [2.75, 3.05) is 0 Å². The number of oxime groups is 1. The molecule has 0 saturated heterocycles. The van der Waals surface area contributed by atoms with E-state index in [1.54, 1.807) is 36.7 Å². The minimum Gasteiger partial charge on any atom is -0.312 e. The zero-order valence-corrected chi connectivity index (χ0v) is 14.2. The number of aromatic nitrogens is 1. The Morgan fingerprint density at radius 3 is 2.12 bits per heavy atom. The molecule has 0 aliphatic carbocycles. The van der Waals surface area contributed by atoms with Gasteiger partial charge in [-0.3, -0.25) is 4.98 Å². The fraction of sp³-hybridized carbons (Fsp3) is 0. The van der Waals surface area contributed by atoms with Crippen LogP contribution >= 0.6 is 15.9 Å². The summed E-state index contributed by atoms with van der Waals surface area (Å²) in [5.41, 5.74) is 2.68. The van der Waals surface area contributed by atoms with Gasteiger partial charge in [-0.05, 0) is 36.4 Å². The van der Waals surface area contributed by atoms with Gasteiger partial charge in [0.1, 0.15) is 5.71 Å². The molecule has 5 heteroatoms. The van der Waals surface area contributed by atoms with Gasteiger partial charge in [-0.2, -0.15) is 0 Å². The Bertz CT molecular complexity index is 806. The Hall–Kier alpha value is -2.79. The fourth-order valence-corrected chi connectivity index (χ4v) is 2.37. The summed E-state index contributed by atoms with van der Waals surface area (Å²) in [5.74, 6) is -0.509. The first-order chi connectivity index (χ1) is 11.7. The second-order valence-electron chi connectivity index (χ2n) is 4.93. The van der Waals surface area contributed by atoms with Crippen molar-refractivity contribution >= 4 is 27.6 Å². The van der Waals surface area contributed by atoms with E-state index < -0.39 is 5.97 Å². The van der Waals surface area contributed by atoms with Crippen molar-refractivity contribution in [2.45, 2.75) is 0 Å². The lowest BCUT2D eigenvalue weighted by molar-refractivity contribution is 0.0517. The number of pyridine rings is 1. The first-order valence-electron chi connectivity index (χ1n) is 7.25. The summed E-state index contributed by atoms with van der Waals surface area (Å²) in [6.07, 6.45) is 3.34. The van der Waals surface area contributed by atoms with Gasteiger partial charge in [0.15, 0.2) is 0 Å². The number of nitrogens with zero attached hydrogens (tertiary/aromatic N) is 2. The third kappa shape index (κ3) is 3.94. The van der Waals surface area contributed by atoms with Gasteiger partial charge in [0.05, 0.1) is 5.56 Å². The summed E-state index contributed by atoms with van der Waals surface area (Å²) >= 11 is 3.33. The predicted octanol–water partition coefficient (Wildman–Crippen LogP) is 4.45. The molecule has 0 N–H and O–H groups in total. The van der Waals surface area contributed by atoms with Gasteiger partial charge in [-0.25, -0.2) is 4.79 Å². The molecule has 0 radical (unpaired) electrons. The highest BCUT2D eigenvalue weighted by molar-refractivity contribution is 9.10. The smallest absolute Gasteiger partial charge is 0.312 e. The maximum atomic E-state index is 12.2. The lowest BCUT2D eigenvalue weighted by Crippen LogP contribution is -2.08. The average Bonchev–Trinajstić information content (AvgIpc) is 2.64. The van der Waals surface area contributed by atoms with Gasteiger partial charge in [0.25, 0.3) is 0 Å². The Labute approximate surface area is 147 Å². The standard InChI is InChI=1S/C19H13BrN2O2/c20-17-8-6-16(7-9-17)19(23)24-22-18(14-4-2-1-3-5-14)15-10-12-21-13-11-15/h1-13H/b22-18-. The Morgan fingerprint density at radius 1 is 0.833 bits per heavy atom. The van der Waals surface area contributed by atoms with Crippen LogP contribution in [0, 0.1) is 0 Å². The van der Waals surface area contributed by atoms with Crippen molar-refractivity contribution in [3.8, 4) is 0 Å². The summed E-state index contributed by atoms with van der Waals surface area (Å²) in [6.45, 7) is 0. The summed E-state index contributed by atoms with van der Waals surface area (Å²) in [7, 11) is 0. The number of hydrogen-bond donors (Lipinski definition) is 0. The van der Waals surface area contributed by atoms with Crippen LogP contribution in [0.2, 0.25) is 0 Å². The molecule has 1 heterocycles. The van der Waals surface area contributed by atoms with Crippen LogP contribution in [-0.4, -0.2) is 16.7 Å². The fourth-order valence-electron chi connectivity index (χ4n) is 2.10. The molecule has 0 aliphatic rings. The first kappa shape index (κ1) is 16.1. The molecule has 0 unspecified atom stereocenters. The third-order valence-corrected chi connectivity index (χ3v) is 3.83. The highest BCUT2D eigenvalue weighted by Gasteiger charge is 2.11. The molecule has 0 saturated carbocycles.